The molecule has 1 aliphatic rings. The van der Waals surface area contributed by atoms with Crippen LogP contribution in [0.25, 0.3) is 10.9 Å². The van der Waals surface area contributed by atoms with Gasteiger partial charge >= 0.3 is 0 Å². The molecule has 0 fully saturated rings. The predicted octanol–water partition coefficient (Wildman–Crippen LogP) is 7.34. The minimum Gasteiger partial charge on any atom is -0.486 e. The molecule has 42 heavy (non-hydrogen) atoms. The molecule has 3 aromatic carbocycles. The number of benzene rings is 3. The number of carbonyl (C=O) groups excluding carboxylic acids is 2. The number of hydrogen-bond donors (Lipinski definition) is 2. The van der Waals surface area contributed by atoms with E-state index < -0.39 is 8.32 Å². The maximum Gasteiger partial charge on any atom is 0.255 e. The summed E-state index contributed by atoms with van der Waals surface area (Å²) in [7, 11) is -1.88. The van der Waals surface area contributed by atoms with Crippen LogP contribution < -0.4 is 20.1 Å². The third-order valence-corrected chi connectivity index (χ3v) is 12.4. The molecule has 0 atom stereocenters. The normalized spacial score (nSPS) is 13.1. The van der Waals surface area contributed by atoms with E-state index in [-0.39, 0.29) is 16.9 Å². The first-order chi connectivity index (χ1) is 19.9. The average molecular weight is 584 g/mol. The number of nitrogens with zero attached hydrogens (tertiary/aromatic N) is 1. The lowest BCUT2D eigenvalue weighted by atomic mass is 10.1. The van der Waals surface area contributed by atoms with Crippen LogP contribution in [0.3, 0.4) is 0 Å². The fraction of sp³-hybridized carbons (Fsp3) is 0.303. The van der Waals surface area contributed by atoms with Gasteiger partial charge in [0.05, 0.1) is 17.8 Å². The maximum absolute atomic E-state index is 13.2. The Bertz CT molecular complexity index is 1660. The zero-order chi connectivity index (χ0) is 30.1. The van der Waals surface area contributed by atoms with E-state index in [1.54, 1.807) is 36.4 Å². The zero-order valence-electron chi connectivity index (χ0n) is 25.0. The molecule has 218 valence electrons. The van der Waals surface area contributed by atoms with Crippen LogP contribution in [-0.2, 0) is 11.0 Å². The number of fused-ring (bicyclic) bond motifs is 2. The highest BCUT2D eigenvalue weighted by Gasteiger charge is 2.37. The minimum atomic E-state index is -1.88. The fourth-order valence-corrected chi connectivity index (χ4v) is 5.22. The number of aromatic nitrogens is 1. The molecular formula is C33H37N3O5Si. The number of anilines is 2. The fourth-order valence-electron chi connectivity index (χ4n) is 4.28. The molecule has 0 spiro atoms. The van der Waals surface area contributed by atoms with Crippen LogP contribution in [0.4, 0.5) is 11.4 Å². The molecule has 0 saturated carbocycles. The highest BCUT2D eigenvalue weighted by molar-refractivity contribution is 6.74. The van der Waals surface area contributed by atoms with Crippen LogP contribution >= 0.6 is 0 Å². The Hall–Kier alpha value is -4.21. The van der Waals surface area contributed by atoms with Crippen LogP contribution in [0.2, 0.25) is 18.1 Å². The average Bonchev–Trinajstić information content (AvgIpc) is 2.96. The summed E-state index contributed by atoms with van der Waals surface area (Å²) in [6, 6.07) is 19.9. The van der Waals surface area contributed by atoms with E-state index in [9.17, 15) is 9.59 Å². The number of aryl methyl sites for hydroxylation is 1. The summed E-state index contributed by atoms with van der Waals surface area (Å²) in [6.07, 6.45) is 0. The van der Waals surface area contributed by atoms with Gasteiger partial charge in [-0.2, -0.15) is 0 Å². The van der Waals surface area contributed by atoms with Crippen LogP contribution in [0.15, 0.2) is 66.7 Å². The van der Waals surface area contributed by atoms with Crippen molar-refractivity contribution in [2.75, 3.05) is 23.8 Å². The summed E-state index contributed by atoms with van der Waals surface area (Å²) in [5, 5.41) is 6.88. The third kappa shape index (κ3) is 6.47. The molecule has 4 aromatic rings. The quantitative estimate of drug-likeness (QED) is 0.221. The number of pyridine rings is 1. The molecule has 5 rings (SSSR count). The second-order valence-corrected chi connectivity index (χ2v) is 16.9. The molecule has 2 amide bonds. The summed E-state index contributed by atoms with van der Waals surface area (Å²) in [4.78, 5) is 30.9. The highest BCUT2D eigenvalue weighted by Crippen LogP contribution is 2.37. The van der Waals surface area contributed by atoms with Gasteiger partial charge in [-0.15, -0.1) is 0 Å². The molecule has 0 bridgehead atoms. The van der Waals surface area contributed by atoms with Crippen molar-refractivity contribution in [3.8, 4) is 11.5 Å². The second kappa shape index (κ2) is 11.6. The topological polar surface area (TPSA) is 98.8 Å². The van der Waals surface area contributed by atoms with Gasteiger partial charge in [0.15, 0.2) is 19.8 Å². The molecule has 9 heteroatoms. The van der Waals surface area contributed by atoms with Crippen molar-refractivity contribution in [1.82, 2.24) is 4.98 Å². The Morgan fingerprint density at radius 1 is 0.857 bits per heavy atom. The van der Waals surface area contributed by atoms with Gasteiger partial charge in [-0.1, -0.05) is 32.9 Å². The minimum absolute atomic E-state index is 0.127. The molecular weight excluding hydrogens is 546 g/mol. The predicted molar refractivity (Wildman–Crippen MR) is 168 cm³/mol. The molecule has 8 nitrogen and oxygen atoms in total. The largest absolute Gasteiger partial charge is 0.486 e. The van der Waals surface area contributed by atoms with Gasteiger partial charge < -0.3 is 24.5 Å². The van der Waals surface area contributed by atoms with Crippen molar-refractivity contribution >= 4 is 42.4 Å². The van der Waals surface area contributed by atoms with E-state index in [1.807, 2.05) is 37.3 Å². The molecule has 1 aliphatic heterocycles. The van der Waals surface area contributed by atoms with Crippen molar-refractivity contribution < 1.29 is 23.5 Å². The number of ether oxygens (including phenoxy) is 2. The maximum atomic E-state index is 13.2. The van der Waals surface area contributed by atoms with Crippen molar-refractivity contribution in [3.05, 3.63) is 89.1 Å². The Morgan fingerprint density at radius 2 is 1.55 bits per heavy atom. The molecule has 0 aliphatic carbocycles. The Morgan fingerprint density at radius 3 is 2.31 bits per heavy atom. The smallest absolute Gasteiger partial charge is 0.255 e. The van der Waals surface area contributed by atoms with Crippen molar-refractivity contribution in [2.45, 2.75) is 52.4 Å². The summed E-state index contributed by atoms with van der Waals surface area (Å²) < 4.78 is 17.5. The van der Waals surface area contributed by atoms with E-state index in [4.69, 9.17) is 18.9 Å². The van der Waals surface area contributed by atoms with E-state index in [2.05, 4.69) is 44.5 Å². The summed E-state index contributed by atoms with van der Waals surface area (Å²) in [5.74, 6) is 0.635. The monoisotopic (exact) mass is 583 g/mol. The Labute approximate surface area is 247 Å². The van der Waals surface area contributed by atoms with Gasteiger partial charge in [-0.25, -0.2) is 0 Å². The molecule has 1 aromatic heterocycles. The molecule has 2 heterocycles. The van der Waals surface area contributed by atoms with Crippen LogP contribution in [0.5, 0.6) is 11.5 Å². The third-order valence-electron chi connectivity index (χ3n) is 7.94. The standard InChI is InChI=1S/C33H37N3O5Si/c1-21-7-11-25(35-31(37)24-10-14-29-30(18-24)40-16-15-39-29)19-28(21)36-32(38)23-9-13-27-22(17-23)8-12-26(34-27)20-41-42(5,6)33(2,3)4/h7-14,17-19H,15-16,20H2,1-6H3,(H,35,37)(H,36,38). The number of amides is 2. The van der Waals surface area contributed by atoms with Gasteiger partial charge in [0.25, 0.3) is 11.8 Å². The summed E-state index contributed by atoms with van der Waals surface area (Å²) in [5.41, 5.74) is 4.68. The van der Waals surface area contributed by atoms with E-state index >= 15 is 0 Å². The first-order valence-corrected chi connectivity index (χ1v) is 17.0. The molecule has 0 saturated heterocycles. The number of carbonyl (C=O) groups is 2. The van der Waals surface area contributed by atoms with Crippen molar-refractivity contribution in [2.24, 2.45) is 0 Å². The first-order valence-electron chi connectivity index (χ1n) is 14.1. The van der Waals surface area contributed by atoms with Gasteiger partial charge in [0, 0.05) is 27.9 Å². The molecule has 0 radical (unpaired) electrons. The SMILES string of the molecule is Cc1ccc(NC(=O)c2ccc3c(c2)OCCO3)cc1NC(=O)c1ccc2nc(CO[Si](C)(C)C(C)(C)C)ccc2c1. The highest BCUT2D eigenvalue weighted by atomic mass is 28.4. The first kappa shape index (κ1) is 29.3. The van der Waals surface area contributed by atoms with E-state index in [0.29, 0.717) is 53.8 Å². The number of nitrogens with one attached hydrogen (secondary N) is 2. The van der Waals surface area contributed by atoms with Crippen LogP contribution in [0.1, 0.15) is 52.7 Å². The lowest BCUT2D eigenvalue weighted by Gasteiger charge is -2.36. The van der Waals surface area contributed by atoms with Crippen LogP contribution in [0, 0.1) is 6.92 Å². The van der Waals surface area contributed by atoms with Crippen molar-refractivity contribution in [1.29, 1.82) is 0 Å². The van der Waals surface area contributed by atoms with Gasteiger partial charge in [-0.05, 0) is 85.2 Å². The zero-order valence-corrected chi connectivity index (χ0v) is 26.0. The number of rotatable bonds is 7. The van der Waals surface area contributed by atoms with E-state index in [0.717, 1.165) is 22.2 Å². The van der Waals surface area contributed by atoms with Gasteiger partial charge in [0.2, 0.25) is 0 Å². The van der Waals surface area contributed by atoms with Gasteiger partial charge in [-0.3, -0.25) is 14.6 Å². The lowest BCUT2D eigenvalue weighted by molar-refractivity contribution is 0.101. The molecule has 2 N–H and O–H groups in total. The van der Waals surface area contributed by atoms with Crippen LogP contribution in [-0.4, -0.2) is 38.3 Å². The van der Waals surface area contributed by atoms with E-state index in [1.165, 1.54) is 0 Å². The molecule has 0 unspecified atom stereocenters. The second-order valence-electron chi connectivity index (χ2n) is 12.1. The number of hydrogen-bond acceptors (Lipinski definition) is 6. The van der Waals surface area contributed by atoms with Crippen molar-refractivity contribution in [3.63, 3.8) is 0 Å². The lowest BCUT2D eigenvalue weighted by Crippen LogP contribution is -2.40. The summed E-state index contributed by atoms with van der Waals surface area (Å²) in [6.45, 7) is 14.4. The Balaban J connectivity index is 1.26. The Kier molecular flexibility index (Phi) is 8.07. The van der Waals surface area contributed by atoms with Gasteiger partial charge in [0.1, 0.15) is 13.2 Å². The summed E-state index contributed by atoms with van der Waals surface area (Å²) >= 11 is 0.